The predicted molar refractivity (Wildman–Crippen MR) is 82.1 cm³/mol. The summed E-state index contributed by atoms with van der Waals surface area (Å²) in [4.78, 5) is 25.5. The number of rotatable bonds is 6. The molecule has 0 aromatic heterocycles. The quantitative estimate of drug-likeness (QED) is 0.847. The zero-order valence-corrected chi connectivity index (χ0v) is 13.1. The SMILES string of the molecule is CCCC(C)N(C)C(=O)NC(C)(C(=O)O)c1ccccc1. The van der Waals surface area contributed by atoms with E-state index in [0.717, 1.165) is 12.8 Å². The lowest BCUT2D eigenvalue weighted by atomic mass is 9.92. The Hall–Kier alpha value is -2.04. The molecule has 116 valence electrons. The molecule has 2 unspecified atom stereocenters. The summed E-state index contributed by atoms with van der Waals surface area (Å²) in [6.45, 7) is 5.50. The number of benzene rings is 1. The van der Waals surface area contributed by atoms with E-state index in [2.05, 4.69) is 5.32 Å². The van der Waals surface area contributed by atoms with E-state index >= 15 is 0 Å². The highest BCUT2D eigenvalue weighted by Crippen LogP contribution is 2.21. The van der Waals surface area contributed by atoms with E-state index in [4.69, 9.17) is 0 Å². The van der Waals surface area contributed by atoms with Crippen molar-refractivity contribution in [2.45, 2.75) is 45.2 Å². The van der Waals surface area contributed by atoms with Crippen molar-refractivity contribution in [2.24, 2.45) is 0 Å². The highest BCUT2D eigenvalue weighted by atomic mass is 16.4. The maximum absolute atomic E-state index is 12.3. The molecule has 21 heavy (non-hydrogen) atoms. The van der Waals surface area contributed by atoms with E-state index in [1.807, 2.05) is 19.9 Å². The van der Waals surface area contributed by atoms with Crippen LogP contribution in [0.1, 0.15) is 39.2 Å². The Morgan fingerprint density at radius 3 is 2.38 bits per heavy atom. The number of amides is 2. The number of carbonyl (C=O) groups is 2. The second-order valence-electron chi connectivity index (χ2n) is 5.47. The van der Waals surface area contributed by atoms with Gasteiger partial charge in [0.1, 0.15) is 0 Å². The minimum absolute atomic E-state index is 0.0591. The van der Waals surface area contributed by atoms with Crippen molar-refractivity contribution < 1.29 is 14.7 Å². The minimum atomic E-state index is -1.45. The van der Waals surface area contributed by atoms with Crippen LogP contribution in [-0.4, -0.2) is 35.1 Å². The van der Waals surface area contributed by atoms with Gasteiger partial charge in [-0.15, -0.1) is 0 Å². The normalized spacial score (nSPS) is 14.9. The first-order valence-electron chi connectivity index (χ1n) is 7.16. The fourth-order valence-electron chi connectivity index (χ4n) is 2.13. The molecule has 0 heterocycles. The molecule has 0 saturated heterocycles. The van der Waals surface area contributed by atoms with Gasteiger partial charge in [-0.2, -0.15) is 0 Å². The molecule has 2 N–H and O–H groups in total. The highest BCUT2D eigenvalue weighted by Gasteiger charge is 2.37. The number of hydrogen-bond acceptors (Lipinski definition) is 2. The molecule has 2 amide bonds. The van der Waals surface area contributed by atoms with Gasteiger partial charge in [0, 0.05) is 13.1 Å². The molecule has 1 rings (SSSR count). The first kappa shape index (κ1) is 17.0. The Balaban J connectivity index is 2.94. The number of nitrogens with zero attached hydrogens (tertiary/aromatic N) is 1. The van der Waals surface area contributed by atoms with Crippen molar-refractivity contribution in [3.63, 3.8) is 0 Å². The van der Waals surface area contributed by atoms with Gasteiger partial charge in [0.05, 0.1) is 0 Å². The first-order chi connectivity index (χ1) is 9.82. The van der Waals surface area contributed by atoms with Crippen LogP contribution in [0.3, 0.4) is 0 Å². The lowest BCUT2D eigenvalue weighted by Gasteiger charge is -2.32. The highest BCUT2D eigenvalue weighted by molar-refractivity contribution is 5.87. The summed E-state index contributed by atoms with van der Waals surface area (Å²) in [7, 11) is 1.68. The van der Waals surface area contributed by atoms with Gasteiger partial charge < -0.3 is 15.3 Å². The van der Waals surface area contributed by atoms with Crippen LogP contribution < -0.4 is 5.32 Å². The van der Waals surface area contributed by atoms with Crippen molar-refractivity contribution in [3.8, 4) is 0 Å². The summed E-state index contributed by atoms with van der Waals surface area (Å²) in [5.41, 5.74) is -0.902. The van der Waals surface area contributed by atoms with E-state index < -0.39 is 11.5 Å². The maximum Gasteiger partial charge on any atom is 0.333 e. The van der Waals surface area contributed by atoms with Crippen LogP contribution in [0.15, 0.2) is 30.3 Å². The van der Waals surface area contributed by atoms with Gasteiger partial charge >= 0.3 is 12.0 Å². The summed E-state index contributed by atoms with van der Waals surface area (Å²) in [6.07, 6.45) is 1.84. The van der Waals surface area contributed by atoms with Crippen molar-refractivity contribution in [3.05, 3.63) is 35.9 Å². The van der Waals surface area contributed by atoms with Gasteiger partial charge in [-0.05, 0) is 25.8 Å². The molecule has 0 aliphatic carbocycles. The van der Waals surface area contributed by atoms with Crippen LogP contribution in [0.25, 0.3) is 0 Å². The fourth-order valence-corrected chi connectivity index (χ4v) is 2.13. The molecule has 0 fully saturated rings. The summed E-state index contributed by atoms with van der Waals surface area (Å²) in [5, 5.41) is 12.2. The van der Waals surface area contributed by atoms with Crippen LogP contribution in [0.4, 0.5) is 4.79 Å². The number of carbonyl (C=O) groups excluding carboxylic acids is 1. The van der Waals surface area contributed by atoms with E-state index in [-0.39, 0.29) is 12.1 Å². The van der Waals surface area contributed by atoms with Gasteiger partial charge in [-0.1, -0.05) is 43.7 Å². The molecule has 0 aliphatic rings. The standard InChI is InChI=1S/C16H24N2O3/c1-5-9-12(2)18(4)15(21)17-16(3,14(19)20)13-10-7-6-8-11-13/h6-8,10-12H,5,9H2,1-4H3,(H,17,21)(H,19,20). The van der Waals surface area contributed by atoms with Crippen molar-refractivity contribution in [1.82, 2.24) is 10.2 Å². The van der Waals surface area contributed by atoms with Gasteiger partial charge in [-0.25, -0.2) is 9.59 Å². The number of nitrogens with one attached hydrogen (secondary N) is 1. The lowest BCUT2D eigenvalue weighted by Crippen LogP contribution is -2.54. The molecule has 0 radical (unpaired) electrons. The smallest absolute Gasteiger partial charge is 0.333 e. The maximum atomic E-state index is 12.3. The monoisotopic (exact) mass is 292 g/mol. The second kappa shape index (κ2) is 7.11. The van der Waals surface area contributed by atoms with Gasteiger partial charge in [0.25, 0.3) is 0 Å². The van der Waals surface area contributed by atoms with E-state index in [1.54, 1.807) is 36.2 Å². The fraction of sp³-hybridized carbons (Fsp3) is 0.500. The van der Waals surface area contributed by atoms with Crippen LogP contribution in [0.5, 0.6) is 0 Å². The third kappa shape index (κ3) is 3.97. The summed E-state index contributed by atoms with van der Waals surface area (Å²) in [5.74, 6) is -1.08. The zero-order valence-electron chi connectivity index (χ0n) is 13.1. The van der Waals surface area contributed by atoms with Crippen molar-refractivity contribution >= 4 is 12.0 Å². The largest absolute Gasteiger partial charge is 0.479 e. The topological polar surface area (TPSA) is 69.6 Å². The molecule has 0 saturated carbocycles. The van der Waals surface area contributed by atoms with Gasteiger partial charge in [-0.3, -0.25) is 0 Å². The Morgan fingerprint density at radius 2 is 1.90 bits per heavy atom. The Bertz CT molecular complexity index is 490. The Kier molecular flexibility index (Phi) is 5.76. The molecule has 2 atom stereocenters. The number of hydrogen-bond donors (Lipinski definition) is 2. The predicted octanol–water partition coefficient (Wildman–Crippen LogP) is 2.82. The third-order valence-corrected chi connectivity index (χ3v) is 3.82. The molecular formula is C16H24N2O3. The number of carboxylic acid groups (broad SMARTS) is 1. The third-order valence-electron chi connectivity index (χ3n) is 3.82. The summed E-state index contributed by atoms with van der Waals surface area (Å²) < 4.78 is 0. The molecule has 5 nitrogen and oxygen atoms in total. The zero-order chi connectivity index (χ0) is 16.0. The van der Waals surface area contributed by atoms with E-state index in [9.17, 15) is 14.7 Å². The molecule has 0 aliphatic heterocycles. The Morgan fingerprint density at radius 1 is 1.33 bits per heavy atom. The van der Waals surface area contributed by atoms with Crippen molar-refractivity contribution in [2.75, 3.05) is 7.05 Å². The van der Waals surface area contributed by atoms with Crippen LogP contribution in [0.2, 0.25) is 0 Å². The number of carboxylic acids is 1. The summed E-state index contributed by atoms with van der Waals surface area (Å²) >= 11 is 0. The molecule has 1 aromatic rings. The average molecular weight is 292 g/mol. The van der Waals surface area contributed by atoms with E-state index in [1.165, 1.54) is 6.92 Å². The summed E-state index contributed by atoms with van der Waals surface area (Å²) in [6, 6.07) is 8.39. The minimum Gasteiger partial charge on any atom is -0.479 e. The van der Waals surface area contributed by atoms with Crippen LogP contribution >= 0.6 is 0 Å². The van der Waals surface area contributed by atoms with Crippen LogP contribution in [-0.2, 0) is 10.3 Å². The van der Waals surface area contributed by atoms with Crippen LogP contribution in [0, 0.1) is 0 Å². The lowest BCUT2D eigenvalue weighted by molar-refractivity contribution is -0.144. The van der Waals surface area contributed by atoms with Gasteiger partial charge in [0.15, 0.2) is 5.54 Å². The molecule has 0 spiro atoms. The average Bonchev–Trinajstić information content (AvgIpc) is 2.47. The van der Waals surface area contributed by atoms with Gasteiger partial charge in [0.2, 0.25) is 0 Å². The molecule has 0 bridgehead atoms. The second-order valence-corrected chi connectivity index (χ2v) is 5.47. The van der Waals surface area contributed by atoms with Crippen molar-refractivity contribution in [1.29, 1.82) is 0 Å². The number of aliphatic carboxylic acids is 1. The first-order valence-corrected chi connectivity index (χ1v) is 7.16. The Labute approximate surface area is 126 Å². The molecule has 1 aromatic carbocycles. The number of urea groups is 1. The van der Waals surface area contributed by atoms with E-state index in [0.29, 0.717) is 5.56 Å². The molecular weight excluding hydrogens is 268 g/mol. The molecule has 5 heteroatoms.